The quantitative estimate of drug-likeness (QED) is 0.524. The fourth-order valence-corrected chi connectivity index (χ4v) is 4.44. The molecule has 4 rings (SSSR count). The lowest BCUT2D eigenvalue weighted by molar-refractivity contribution is -0.137. The molecule has 10 heteroatoms. The fraction of sp³-hybridized carbons (Fsp3) is 0.292. The molecule has 2 heterocycles. The Balaban J connectivity index is 1.49. The van der Waals surface area contributed by atoms with Gasteiger partial charge in [-0.25, -0.2) is 4.90 Å². The summed E-state index contributed by atoms with van der Waals surface area (Å²) in [5, 5.41) is 0.133. The van der Waals surface area contributed by atoms with Crippen LogP contribution >= 0.6 is 23.4 Å². The van der Waals surface area contributed by atoms with Crippen LogP contribution in [-0.2, 0) is 14.3 Å². The minimum Gasteiger partial charge on any atom is -0.490 e. The summed E-state index contributed by atoms with van der Waals surface area (Å²) in [6.45, 7) is 4.26. The average Bonchev–Trinajstić information content (AvgIpc) is 3.12. The van der Waals surface area contributed by atoms with E-state index >= 15 is 0 Å². The number of hydrogen-bond donors (Lipinski definition) is 0. The van der Waals surface area contributed by atoms with Gasteiger partial charge in [0, 0.05) is 18.1 Å². The highest BCUT2D eigenvalue weighted by atomic mass is 35.5. The Kier molecular flexibility index (Phi) is 7.77. The first-order chi connectivity index (χ1) is 16.5. The third-order valence-corrected chi connectivity index (χ3v) is 6.28. The van der Waals surface area contributed by atoms with Gasteiger partial charge in [-0.1, -0.05) is 17.7 Å². The number of benzene rings is 2. The largest absolute Gasteiger partial charge is 0.490 e. The maximum Gasteiger partial charge on any atom is 0.298 e. The molecule has 8 nitrogen and oxygen atoms in total. The molecule has 178 valence electrons. The van der Waals surface area contributed by atoms with Gasteiger partial charge < -0.3 is 19.1 Å². The van der Waals surface area contributed by atoms with Crippen molar-refractivity contribution in [2.24, 2.45) is 0 Å². The zero-order valence-electron chi connectivity index (χ0n) is 18.5. The number of ether oxygens (including phenoxy) is 3. The Morgan fingerprint density at radius 2 is 1.82 bits per heavy atom. The van der Waals surface area contributed by atoms with Crippen molar-refractivity contribution in [2.75, 3.05) is 44.4 Å². The molecule has 34 heavy (non-hydrogen) atoms. The van der Waals surface area contributed by atoms with E-state index in [-0.39, 0.29) is 17.8 Å². The van der Waals surface area contributed by atoms with E-state index in [0.29, 0.717) is 65.6 Å². The Hall–Kier alpha value is -3.01. The standard InChI is InChI=1S/C24H23ClN2O6S/c1-2-32-20-13-16(3-8-19(20)33-15-22(28)26-9-11-31-12-10-26)14-21-23(29)27(24(30)34-21)18-6-4-17(25)5-7-18/h3-8,13-14H,2,9-12,15H2,1H3/b21-14+. The Labute approximate surface area is 206 Å². The second-order valence-corrected chi connectivity index (χ2v) is 8.84. The summed E-state index contributed by atoms with van der Waals surface area (Å²) in [6, 6.07) is 11.6. The summed E-state index contributed by atoms with van der Waals surface area (Å²) < 4.78 is 16.7. The number of carbonyl (C=O) groups excluding carboxylic acids is 3. The molecule has 2 aromatic carbocycles. The number of nitrogens with zero attached hydrogens (tertiary/aromatic N) is 2. The summed E-state index contributed by atoms with van der Waals surface area (Å²) in [6.07, 6.45) is 1.63. The molecule has 2 aliphatic rings. The molecular weight excluding hydrogens is 480 g/mol. The van der Waals surface area contributed by atoms with Gasteiger partial charge in [-0.3, -0.25) is 14.4 Å². The molecule has 0 atom stereocenters. The van der Waals surface area contributed by atoms with Gasteiger partial charge >= 0.3 is 0 Å². The van der Waals surface area contributed by atoms with Gasteiger partial charge in [-0.05, 0) is 66.7 Å². The van der Waals surface area contributed by atoms with Crippen molar-refractivity contribution in [3.63, 3.8) is 0 Å². The molecule has 0 radical (unpaired) electrons. The Morgan fingerprint density at radius 1 is 1.09 bits per heavy atom. The van der Waals surface area contributed by atoms with Crippen molar-refractivity contribution in [3.8, 4) is 11.5 Å². The van der Waals surface area contributed by atoms with Gasteiger partial charge in [0.1, 0.15) is 0 Å². The van der Waals surface area contributed by atoms with Crippen LogP contribution in [0.2, 0.25) is 5.02 Å². The number of anilines is 1. The SMILES string of the molecule is CCOc1cc(/C=C2/SC(=O)N(c3ccc(Cl)cc3)C2=O)ccc1OCC(=O)N1CCOCC1. The fourth-order valence-electron chi connectivity index (χ4n) is 3.48. The predicted molar refractivity (Wildman–Crippen MR) is 130 cm³/mol. The summed E-state index contributed by atoms with van der Waals surface area (Å²) in [4.78, 5) is 40.9. The highest BCUT2D eigenvalue weighted by Gasteiger charge is 2.36. The van der Waals surface area contributed by atoms with Crippen molar-refractivity contribution in [1.82, 2.24) is 4.90 Å². The van der Waals surface area contributed by atoms with Crippen LogP contribution < -0.4 is 14.4 Å². The number of thioether (sulfide) groups is 1. The van der Waals surface area contributed by atoms with Crippen molar-refractivity contribution in [2.45, 2.75) is 6.92 Å². The third kappa shape index (κ3) is 5.55. The van der Waals surface area contributed by atoms with E-state index in [9.17, 15) is 14.4 Å². The smallest absolute Gasteiger partial charge is 0.298 e. The van der Waals surface area contributed by atoms with E-state index in [2.05, 4.69) is 0 Å². The number of halogens is 1. The molecule has 0 saturated carbocycles. The van der Waals surface area contributed by atoms with Crippen LogP contribution in [0.3, 0.4) is 0 Å². The van der Waals surface area contributed by atoms with Crippen molar-refractivity contribution >= 4 is 52.2 Å². The average molecular weight is 503 g/mol. The first kappa shape index (κ1) is 24.1. The lowest BCUT2D eigenvalue weighted by Crippen LogP contribution is -2.43. The Bertz CT molecular complexity index is 1110. The van der Waals surface area contributed by atoms with Crippen LogP contribution in [0.1, 0.15) is 12.5 Å². The molecule has 2 aliphatic heterocycles. The maximum atomic E-state index is 12.9. The second kappa shape index (κ2) is 10.9. The van der Waals surface area contributed by atoms with Crippen LogP contribution in [0.5, 0.6) is 11.5 Å². The molecule has 2 saturated heterocycles. The zero-order chi connectivity index (χ0) is 24.1. The molecular formula is C24H23ClN2O6S. The molecule has 3 amide bonds. The van der Waals surface area contributed by atoms with Gasteiger partial charge in [0.2, 0.25) is 0 Å². The summed E-state index contributed by atoms with van der Waals surface area (Å²) in [7, 11) is 0. The minimum absolute atomic E-state index is 0.112. The van der Waals surface area contributed by atoms with E-state index in [1.165, 1.54) is 0 Å². The number of rotatable bonds is 7. The van der Waals surface area contributed by atoms with Crippen molar-refractivity contribution in [1.29, 1.82) is 0 Å². The summed E-state index contributed by atoms with van der Waals surface area (Å²) in [5.41, 5.74) is 1.12. The molecule has 0 aromatic heterocycles. The van der Waals surface area contributed by atoms with Gasteiger partial charge in [-0.2, -0.15) is 0 Å². The maximum absolute atomic E-state index is 12.9. The van der Waals surface area contributed by atoms with E-state index in [1.807, 2.05) is 6.92 Å². The normalized spacial score (nSPS) is 17.4. The molecule has 0 N–H and O–H groups in total. The van der Waals surface area contributed by atoms with E-state index < -0.39 is 5.91 Å². The molecule has 2 fully saturated rings. The van der Waals surface area contributed by atoms with Crippen LogP contribution in [0.4, 0.5) is 10.5 Å². The summed E-state index contributed by atoms with van der Waals surface area (Å²) >= 11 is 6.77. The minimum atomic E-state index is -0.410. The number of amides is 3. The van der Waals surface area contributed by atoms with Crippen LogP contribution in [0, 0.1) is 0 Å². The first-order valence-electron chi connectivity index (χ1n) is 10.7. The lowest BCUT2D eigenvalue weighted by Gasteiger charge is -2.26. The Morgan fingerprint density at radius 3 is 2.53 bits per heavy atom. The van der Waals surface area contributed by atoms with E-state index in [4.69, 9.17) is 25.8 Å². The first-order valence-corrected chi connectivity index (χ1v) is 11.9. The van der Waals surface area contributed by atoms with Crippen LogP contribution in [0.25, 0.3) is 6.08 Å². The molecule has 2 aromatic rings. The van der Waals surface area contributed by atoms with Gasteiger partial charge in [-0.15, -0.1) is 0 Å². The van der Waals surface area contributed by atoms with Crippen molar-refractivity contribution < 1.29 is 28.6 Å². The molecule has 0 bridgehead atoms. The third-order valence-electron chi connectivity index (χ3n) is 5.16. The highest BCUT2D eigenvalue weighted by molar-refractivity contribution is 8.19. The zero-order valence-corrected chi connectivity index (χ0v) is 20.1. The van der Waals surface area contributed by atoms with Gasteiger partial charge in [0.25, 0.3) is 17.1 Å². The number of morpholine rings is 1. The molecule has 0 spiro atoms. The molecule has 0 aliphatic carbocycles. The lowest BCUT2D eigenvalue weighted by atomic mass is 10.1. The van der Waals surface area contributed by atoms with Gasteiger partial charge in [0.05, 0.1) is 30.4 Å². The molecule has 0 unspecified atom stereocenters. The number of imide groups is 1. The topological polar surface area (TPSA) is 85.4 Å². The van der Waals surface area contributed by atoms with Crippen LogP contribution in [0.15, 0.2) is 47.4 Å². The van der Waals surface area contributed by atoms with E-state index in [1.54, 1.807) is 53.4 Å². The van der Waals surface area contributed by atoms with E-state index in [0.717, 1.165) is 16.7 Å². The van der Waals surface area contributed by atoms with Crippen LogP contribution in [-0.4, -0.2) is 61.5 Å². The number of hydrogen-bond acceptors (Lipinski definition) is 7. The summed E-state index contributed by atoms with van der Waals surface area (Å²) in [5.74, 6) is 0.343. The predicted octanol–water partition coefficient (Wildman–Crippen LogP) is 4.22. The monoisotopic (exact) mass is 502 g/mol. The highest BCUT2D eigenvalue weighted by Crippen LogP contribution is 2.37. The number of carbonyl (C=O) groups is 3. The van der Waals surface area contributed by atoms with Gasteiger partial charge in [0.15, 0.2) is 18.1 Å². The van der Waals surface area contributed by atoms with Crippen molar-refractivity contribution in [3.05, 3.63) is 58.0 Å². The second-order valence-electron chi connectivity index (χ2n) is 7.41.